The molecule has 0 aromatic carbocycles. The molecule has 2 saturated heterocycles. The summed E-state index contributed by atoms with van der Waals surface area (Å²) in [6.45, 7) is 7.94. The molecule has 0 radical (unpaired) electrons. The number of piperidine rings is 1. The molecule has 2 rings (SSSR count). The molecule has 2 N–H and O–H groups in total. The van der Waals surface area contributed by atoms with Crippen LogP contribution in [0.2, 0.25) is 0 Å². The number of nitrogens with zero attached hydrogens (tertiary/aromatic N) is 2. The molecule has 20 heavy (non-hydrogen) atoms. The van der Waals surface area contributed by atoms with Crippen LogP contribution in [0.25, 0.3) is 0 Å². The number of hydrogen-bond donors (Lipinski definition) is 1. The second-order valence-electron chi connectivity index (χ2n) is 6.10. The van der Waals surface area contributed by atoms with Gasteiger partial charge in [0, 0.05) is 25.7 Å². The smallest absolute Gasteiger partial charge is 0.242 e. The fraction of sp³-hybridized carbons (Fsp3) is 0.929. The van der Waals surface area contributed by atoms with E-state index in [9.17, 15) is 4.79 Å². The van der Waals surface area contributed by atoms with Crippen molar-refractivity contribution in [2.24, 2.45) is 5.73 Å². The number of carbonyl (C=O) groups is 1. The lowest BCUT2D eigenvalue weighted by Gasteiger charge is -2.45. The first kappa shape index (κ1) is 20.0. The lowest BCUT2D eigenvalue weighted by atomic mass is 9.93. The third-order valence-electron chi connectivity index (χ3n) is 4.38. The van der Waals surface area contributed by atoms with Gasteiger partial charge in [0.2, 0.25) is 5.91 Å². The first-order valence-corrected chi connectivity index (χ1v) is 7.37. The van der Waals surface area contributed by atoms with Crippen LogP contribution in [0.5, 0.6) is 0 Å². The van der Waals surface area contributed by atoms with Crippen molar-refractivity contribution in [3.05, 3.63) is 0 Å². The first-order valence-electron chi connectivity index (χ1n) is 7.37. The molecular formula is C14H29Cl2N3O. The zero-order chi connectivity index (χ0) is 13.2. The summed E-state index contributed by atoms with van der Waals surface area (Å²) >= 11 is 0. The molecule has 0 spiro atoms. The van der Waals surface area contributed by atoms with Gasteiger partial charge < -0.3 is 10.6 Å². The third kappa shape index (κ3) is 4.48. The third-order valence-corrected chi connectivity index (χ3v) is 4.38. The summed E-state index contributed by atoms with van der Waals surface area (Å²) in [6.07, 6.45) is 5.59. The second kappa shape index (κ2) is 8.42. The number of halogens is 2. The summed E-state index contributed by atoms with van der Waals surface area (Å²) in [5.41, 5.74) is 5.49. The molecule has 4 nitrogen and oxygen atoms in total. The summed E-state index contributed by atoms with van der Waals surface area (Å²) in [4.78, 5) is 17.0. The lowest BCUT2D eigenvalue weighted by molar-refractivity contribution is -0.140. The van der Waals surface area contributed by atoms with Gasteiger partial charge in [-0.3, -0.25) is 9.69 Å². The summed E-state index contributed by atoms with van der Waals surface area (Å²) in [5.74, 6) is 0.148. The van der Waals surface area contributed by atoms with E-state index in [1.165, 1.54) is 25.8 Å². The molecule has 2 unspecified atom stereocenters. The van der Waals surface area contributed by atoms with Crippen molar-refractivity contribution in [2.45, 2.75) is 57.5 Å². The maximum Gasteiger partial charge on any atom is 0.242 e. The van der Waals surface area contributed by atoms with Crippen LogP contribution in [0.15, 0.2) is 0 Å². The van der Waals surface area contributed by atoms with Crippen molar-refractivity contribution < 1.29 is 4.79 Å². The topological polar surface area (TPSA) is 49.6 Å². The molecule has 2 atom stereocenters. The Balaban J connectivity index is 0.00000180. The van der Waals surface area contributed by atoms with E-state index in [1.54, 1.807) is 0 Å². The Hall–Kier alpha value is -0.0300. The van der Waals surface area contributed by atoms with E-state index in [0.717, 1.165) is 32.5 Å². The molecule has 120 valence electrons. The van der Waals surface area contributed by atoms with Crippen molar-refractivity contribution in [1.82, 2.24) is 9.80 Å². The number of nitrogens with two attached hydrogens (primary N) is 1. The molecule has 0 bridgehead atoms. The monoisotopic (exact) mass is 325 g/mol. The van der Waals surface area contributed by atoms with Crippen molar-refractivity contribution in [2.75, 3.05) is 26.2 Å². The van der Waals surface area contributed by atoms with Crippen molar-refractivity contribution in [1.29, 1.82) is 0 Å². The minimum Gasteiger partial charge on any atom is -0.338 e. The number of hydrogen-bond acceptors (Lipinski definition) is 3. The molecule has 2 heterocycles. The summed E-state index contributed by atoms with van der Waals surface area (Å²) in [5, 5.41) is 0. The Labute approximate surface area is 135 Å². The van der Waals surface area contributed by atoms with Crippen LogP contribution in [0.4, 0.5) is 0 Å². The number of amides is 1. The van der Waals surface area contributed by atoms with Gasteiger partial charge in [0.15, 0.2) is 0 Å². The average Bonchev–Trinajstić information content (AvgIpc) is 2.37. The SMILES string of the molecule is CCCC(C)(N)C(=O)N1CCN2CCCCC2C1.Cl.Cl. The molecule has 0 aliphatic carbocycles. The van der Waals surface area contributed by atoms with Crippen LogP contribution >= 0.6 is 24.8 Å². The van der Waals surface area contributed by atoms with Gasteiger partial charge in [0.25, 0.3) is 0 Å². The van der Waals surface area contributed by atoms with E-state index in [1.807, 2.05) is 11.8 Å². The molecular weight excluding hydrogens is 297 g/mol. The summed E-state index contributed by atoms with van der Waals surface area (Å²) in [6, 6.07) is 0.578. The van der Waals surface area contributed by atoms with Gasteiger partial charge in [-0.2, -0.15) is 0 Å². The van der Waals surface area contributed by atoms with Gasteiger partial charge in [-0.05, 0) is 32.7 Å². The van der Waals surface area contributed by atoms with Crippen LogP contribution in [0, 0.1) is 0 Å². The van der Waals surface area contributed by atoms with Gasteiger partial charge >= 0.3 is 0 Å². The summed E-state index contributed by atoms with van der Waals surface area (Å²) in [7, 11) is 0. The molecule has 2 fully saturated rings. The molecule has 6 heteroatoms. The van der Waals surface area contributed by atoms with E-state index < -0.39 is 5.54 Å². The Morgan fingerprint density at radius 1 is 1.25 bits per heavy atom. The van der Waals surface area contributed by atoms with Gasteiger partial charge in [-0.1, -0.05) is 19.8 Å². The predicted octanol–water partition coefficient (Wildman–Crippen LogP) is 2.04. The number of piperazine rings is 1. The van der Waals surface area contributed by atoms with Gasteiger partial charge in [-0.25, -0.2) is 0 Å². The number of fused-ring (bicyclic) bond motifs is 1. The van der Waals surface area contributed by atoms with Gasteiger partial charge in [-0.15, -0.1) is 24.8 Å². The second-order valence-corrected chi connectivity index (χ2v) is 6.10. The molecule has 2 aliphatic heterocycles. The maximum absolute atomic E-state index is 12.5. The van der Waals surface area contributed by atoms with E-state index in [4.69, 9.17) is 5.73 Å². The lowest BCUT2D eigenvalue weighted by Crippen LogP contribution is -2.61. The number of carbonyl (C=O) groups excluding carboxylic acids is 1. The molecule has 0 saturated carbocycles. The quantitative estimate of drug-likeness (QED) is 0.863. The first-order chi connectivity index (χ1) is 8.54. The fourth-order valence-electron chi connectivity index (χ4n) is 3.33. The zero-order valence-electron chi connectivity index (χ0n) is 12.6. The molecule has 0 aromatic heterocycles. The highest BCUT2D eigenvalue weighted by Crippen LogP contribution is 2.23. The summed E-state index contributed by atoms with van der Waals surface area (Å²) < 4.78 is 0. The Kier molecular flexibility index (Phi) is 8.41. The molecule has 1 amide bonds. The van der Waals surface area contributed by atoms with E-state index in [0.29, 0.717) is 6.04 Å². The minimum atomic E-state index is -0.675. The standard InChI is InChI=1S/C14H27N3O.2ClH/c1-3-7-14(2,15)13(18)17-10-9-16-8-5-4-6-12(16)11-17;;/h12H,3-11,15H2,1-2H3;2*1H. The Bertz CT molecular complexity index is 313. The largest absolute Gasteiger partial charge is 0.338 e. The highest BCUT2D eigenvalue weighted by atomic mass is 35.5. The van der Waals surface area contributed by atoms with E-state index in [-0.39, 0.29) is 30.7 Å². The van der Waals surface area contributed by atoms with E-state index in [2.05, 4.69) is 11.8 Å². The molecule has 0 aromatic rings. The van der Waals surface area contributed by atoms with Gasteiger partial charge in [0.1, 0.15) is 0 Å². The van der Waals surface area contributed by atoms with E-state index >= 15 is 0 Å². The van der Waals surface area contributed by atoms with Crippen LogP contribution < -0.4 is 5.73 Å². The fourth-order valence-corrected chi connectivity index (χ4v) is 3.33. The van der Waals surface area contributed by atoms with Crippen LogP contribution in [-0.4, -0.2) is 53.5 Å². The zero-order valence-corrected chi connectivity index (χ0v) is 14.3. The predicted molar refractivity (Wildman–Crippen MR) is 87.8 cm³/mol. The molecule has 2 aliphatic rings. The highest BCUT2D eigenvalue weighted by molar-refractivity contribution is 5.86. The maximum atomic E-state index is 12.5. The van der Waals surface area contributed by atoms with Crippen molar-refractivity contribution in [3.63, 3.8) is 0 Å². The highest BCUT2D eigenvalue weighted by Gasteiger charge is 2.37. The van der Waals surface area contributed by atoms with Crippen LogP contribution in [0.1, 0.15) is 46.0 Å². The van der Waals surface area contributed by atoms with Crippen LogP contribution in [-0.2, 0) is 4.79 Å². The Morgan fingerprint density at radius 3 is 2.60 bits per heavy atom. The van der Waals surface area contributed by atoms with Gasteiger partial charge in [0.05, 0.1) is 5.54 Å². The van der Waals surface area contributed by atoms with Crippen molar-refractivity contribution in [3.8, 4) is 0 Å². The van der Waals surface area contributed by atoms with Crippen molar-refractivity contribution >= 4 is 30.7 Å². The van der Waals surface area contributed by atoms with Crippen LogP contribution in [0.3, 0.4) is 0 Å². The Morgan fingerprint density at radius 2 is 1.95 bits per heavy atom. The minimum absolute atomic E-state index is 0. The normalized spacial score (nSPS) is 25.8. The average molecular weight is 326 g/mol. The number of rotatable bonds is 3.